The first kappa shape index (κ1) is 26.9. The summed E-state index contributed by atoms with van der Waals surface area (Å²) in [6.45, 7) is 3.20. The predicted molar refractivity (Wildman–Crippen MR) is 152 cm³/mol. The van der Waals surface area contributed by atoms with E-state index in [0.717, 1.165) is 69.3 Å². The molecular formula is C34H49NO2. The topological polar surface area (TPSA) is 43.7 Å². The van der Waals surface area contributed by atoms with Gasteiger partial charge in [-0.05, 0) is 87.4 Å². The van der Waals surface area contributed by atoms with E-state index in [-0.39, 0.29) is 11.8 Å². The van der Waals surface area contributed by atoms with Gasteiger partial charge in [-0.1, -0.05) is 99.2 Å². The number of likely N-dealkylation sites (tertiary alicyclic amines) is 1. The highest BCUT2D eigenvalue weighted by molar-refractivity contribution is 5.26. The van der Waals surface area contributed by atoms with Crippen molar-refractivity contribution in [3.63, 3.8) is 0 Å². The van der Waals surface area contributed by atoms with E-state index in [4.69, 9.17) is 0 Å². The van der Waals surface area contributed by atoms with E-state index >= 15 is 0 Å². The lowest BCUT2D eigenvalue weighted by Gasteiger charge is -2.47. The highest BCUT2D eigenvalue weighted by atomic mass is 16.3. The third kappa shape index (κ3) is 6.00. The molecule has 2 aromatic rings. The second-order valence-corrected chi connectivity index (χ2v) is 12.4. The minimum atomic E-state index is -0.853. The summed E-state index contributed by atoms with van der Waals surface area (Å²) < 4.78 is 0. The van der Waals surface area contributed by atoms with Crippen molar-refractivity contribution in [1.82, 2.24) is 4.90 Å². The standard InChI is InChI=1S/C34H49NO2/c36-33(28-15-5-1-6-16-28,29-17-7-2-8-18-29)24-23-32(27-35-25-13-14-26-35)34(37,30-19-9-3-10-20-30)31-21-11-4-12-22-31/h1,3,5-6,9-10,15-16,19-20,29,31-32,36-37H,2,4,7-8,11-14,17-18,21-27H2. The van der Waals surface area contributed by atoms with Gasteiger partial charge in [-0.25, -0.2) is 0 Å². The van der Waals surface area contributed by atoms with Crippen molar-refractivity contribution in [3.8, 4) is 0 Å². The van der Waals surface area contributed by atoms with E-state index in [9.17, 15) is 10.2 Å². The van der Waals surface area contributed by atoms with Crippen LogP contribution in [-0.4, -0.2) is 34.7 Å². The van der Waals surface area contributed by atoms with Crippen LogP contribution in [0.1, 0.15) is 101 Å². The Morgan fingerprint density at radius 1 is 0.649 bits per heavy atom. The SMILES string of the molecule is OC(CCC(CN1CCCC1)C(O)(c1ccccc1)C1CCCCC1)(c1ccccc1)C1CCCCC1. The van der Waals surface area contributed by atoms with Crippen LogP contribution in [0, 0.1) is 17.8 Å². The largest absolute Gasteiger partial charge is 0.385 e. The molecule has 2 aromatic carbocycles. The first-order chi connectivity index (χ1) is 18.1. The van der Waals surface area contributed by atoms with Crippen LogP contribution in [0.4, 0.5) is 0 Å². The predicted octanol–water partition coefficient (Wildman–Crippen LogP) is 7.41. The van der Waals surface area contributed by atoms with Crippen LogP contribution < -0.4 is 0 Å². The molecule has 37 heavy (non-hydrogen) atoms. The second-order valence-electron chi connectivity index (χ2n) is 12.4. The molecule has 3 unspecified atom stereocenters. The molecule has 3 fully saturated rings. The Balaban J connectivity index is 1.48. The van der Waals surface area contributed by atoms with Crippen molar-refractivity contribution in [3.05, 3.63) is 71.8 Å². The summed E-state index contributed by atoms with van der Waals surface area (Å²) in [6.07, 6.45) is 15.9. The van der Waals surface area contributed by atoms with Crippen molar-refractivity contribution < 1.29 is 10.2 Å². The van der Waals surface area contributed by atoms with Crippen LogP contribution in [0.5, 0.6) is 0 Å². The number of rotatable bonds is 10. The van der Waals surface area contributed by atoms with Gasteiger partial charge in [0, 0.05) is 12.5 Å². The Kier molecular flexibility index (Phi) is 9.05. The Morgan fingerprint density at radius 3 is 1.73 bits per heavy atom. The van der Waals surface area contributed by atoms with Crippen LogP contribution in [0.25, 0.3) is 0 Å². The molecule has 0 bridgehead atoms. The van der Waals surface area contributed by atoms with E-state index in [0.29, 0.717) is 5.92 Å². The Labute approximate surface area is 225 Å². The van der Waals surface area contributed by atoms with Crippen molar-refractivity contribution in [1.29, 1.82) is 0 Å². The molecule has 202 valence electrons. The maximum absolute atomic E-state index is 12.9. The molecule has 0 amide bonds. The maximum atomic E-state index is 12.9. The molecule has 0 spiro atoms. The smallest absolute Gasteiger partial charge is 0.0964 e. The van der Waals surface area contributed by atoms with Gasteiger partial charge in [0.1, 0.15) is 0 Å². The molecule has 3 nitrogen and oxygen atoms in total. The summed E-state index contributed by atoms with van der Waals surface area (Å²) >= 11 is 0. The van der Waals surface area contributed by atoms with Gasteiger partial charge in [-0.15, -0.1) is 0 Å². The fourth-order valence-corrected chi connectivity index (χ4v) is 8.07. The Bertz CT molecular complexity index is 931. The molecule has 0 radical (unpaired) electrons. The quantitative estimate of drug-likeness (QED) is 0.355. The van der Waals surface area contributed by atoms with Gasteiger partial charge in [-0.2, -0.15) is 0 Å². The summed E-state index contributed by atoms with van der Waals surface area (Å²) in [5, 5.41) is 25.4. The fourth-order valence-electron chi connectivity index (χ4n) is 8.07. The molecule has 5 rings (SSSR count). The molecule has 1 saturated heterocycles. The van der Waals surface area contributed by atoms with Crippen molar-refractivity contribution in [2.24, 2.45) is 17.8 Å². The average molecular weight is 504 g/mol. The summed E-state index contributed by atoms with van der Waals surface area (Å²) in [4.78, 5) is 2.59. The van der Waals surface area contributed by atoms with Crippen LogP contribution in [0.3, 0.4) is 0 Å². The molecule has 3 aliphatic rings. The molecule has 1 heterocycles. The number of benzene rings is 2. The van der Waals surface area contributed by atoms with E-state index in [1.165, 1.54) is 51.4 Å². The van der Waals surface area contributed by atoms with E-state index in [1.807, 2.05) is 0 Å². The highest BCUT2D eigenvalue weighted by Gasteiger charge is 2.48. The third-order valence-corrected chi connectivity index (χ3v) is 10.2. The molecule has 2 saturated carbocycles. The lowest BCUT2D eigenvalue weighted by molar-refractivity contribution is -0.111. The minimum absolute atomic E-state index is 0.106. The van der Waals surface area contributed by atoms with E-state index in [1.54, 1.807) is 0 Å². The van der Waals surface area contributed by atoms with Crippen LogP contribution >= 0.6 is 0 Å². The molecule has 0 aromatic heterocycles. The summed E-state index contributed by atoms with van der Waals surface area (Å²) in [7, 11) is 0. The molecular weight excluding hydrogens is 454 g/mol. The zero-order chi connectivity index (χ0) is 25.6. The minimum Gasteiger partial charge on any atom is -0.385 e. The van der Waals surface area contributed by atoms with Gasteiger partial charge < -0.3 is 15.1 Å². The highest BCUT2D eigenvalue weighted by Crippen LogP contribution is 2.49. The lowest BCUT2D eigenvalue weighted by atomic mass is 9.64. The van der Waals surface area contributed by atoms with Crippen molar-refractivity contribution >= 4 is 0 Å². The van der Waals surface area contributed by atoms with Gasteiger partial charge in [0.25, 0.3) is 0 Å². The van der Waals surface area contributed by atoms with Gasteiger partial charge in [0.15, 0.2) is 0 Å². The van der Waals surface area contributed by atoms with Crippen molar-refractivity contribution in [2.75, 3.05) is 19.6 Å². The molecule has 2 N–H and O–H groups in total. The van der Waals surface area contributed by atoms with E-state index < -0.39 is 11.2 Å². The van der Waals surface area contributed by atoms with Gasteiger partial charge in [-0.3, -0.25) is 0 Å². The molecule has 1 aliphatic heterocycles. The van der Waals surface area contributed by atoms with Crippen LogP contribution in [-0.2, 0) is 11.2 Å². The van der Waals surface area contributed by atoms with Crippen LogP contribution in [0.2, 0.25) is 0 Å². The Hall–Kier alpha value is -1.68. The normalized spacial score (nSPS) is 24.4. The third-order valence-electron chi connectivity index (χ3n) is 10.2. The van der Waals surface area contributed by atoms with Gasteiger partial charge in [0.05, 0.1) is 11.2 Å². The maximum Gasteiger partial charge on any atom is 0.0964 e. The summed E-state index contributed by atoms with van der Waals surface area (Å²) in [6, 6.07) is 21.1. The van der Waals surface area contributed by atoms with Crippen molar-refractivity contribution in [2.45, 2.75) is 101 Å². The summed E-state index contributed by atoms with van der Waals surface area (Å²) in [5.41, 5.74) is 0.485. The second kappa shape index (κ2) is 12.5. The molecule has 3 atom stereocenters. The zero-order valence-corrected chi connectivity index (χ0v) is 22.9. The molecule has 3 heteroatoms. The fraction of sp³-hybridized carbons (Fsp3) is 0.647. The monoisotopic (exact) mass is 503 g/mol. The number of aliphatic hydroxyl groups is 2. The number of hydrogen-bond donors (Lipinski definition) is 2. The summed E-state index contributed by atoms with van der Waals surface area (Å²) in [5.74, 6) is 0.696. The first-order valence-electron chi connectivity index (χ1n) is 15.4. The first-order valence-corrected chi connectivity index (χ1v) is 15.4. The lowest BCUT2D eigenvalue weighted by Crippen LogP contribution is -2.48. The van der Waals surface area contributed by atoms with Gasteiger partial charge >= 0.3 is 0 Å². The molecule has 2 aliphatic carbocycles. The van der Waals surface area contributed by atoms with E-state index in [2.05, 4.69) is 65.6 Å². The average Bonchev–Trinajstić information content (AvgIpc) is 3.50. The Morgan fingerprint density at radius 2 is 1.16 bits per heavy atom. The van der Waals surface area contributed by atoms with Gasteiger partial charge in [0.2, 0.25) is 0 Å². The van der Waals surface area contributed by atoms with Crippen LogP contribution in [0.15, 0.2) is 60.7 Å². The zero-order valence-electron chi connectivity index (χ0n) is 22.9. The number of nitrogens with zero attached hydrogens (tertiary/aromatic N) is 1. The number of hydrogen-bond acceptors (Lipinski definition) is 3.